The normalized spacial score (nSPS) is 15.0. The molecule has 1 fully saturated rings. The maximum absolute atomic E-state index is 12.0. The molecule has 1 amide bonds. The summed E-state index contributed by atoms with van der Waals surface area (Å²) in [5, 5.41) is 6.11. The summed E-state index contributed by atoms with van der Waals surface area (Å²) in [6.07, 6.45) is 4.03. The summed E-state index contributed by atoms with van der Waals surface area (Å²) in [7, 11) is 1.79. The molecule has 0 bridgehead atoms. The van der Waals surface area contributed by atoms with E-state index in [2.05, 4.69) is 20.6 Å². The number of anilines is 2. The van der Waals surface area contributed by atoms with Crippen molar-refractivity contribution in [2.24, 2.45) is 0 Å². The van der Waals surface area contributed by atoms with Crippen LogP contribution in [0.2, 0.25) is 0 Å². The van der Waals surface area contributed by atoms with Gasteiger partial charge in [0.05, 0.1) is 0 Å². The molecule has 1 aliphatic rings. The number of carbonyl (C=O) groups excluding carboxylic acids is 1. The molecule has 6 nitrogen and oxygen atoms in total. The Hall–Kier alpha value is -1.85. The van der Waals surface area contributed by atoms with Gasteiger partial charge in [0.2, 0.25) is 11.9 Å². The fourth-order valence-corrected chi connectivity index (χ4v) is 2.37. The molecule has 0 spiro atoms. The number of nitrogens with zero attached hydrogens (tertiary/aromatic N) is 3. The summed E-state index contributed by atoms with van der Waals surface area (Å²) in [6.45, 7) is 4.35. The number of likely N-dealkylation sites (tertiary alicyclic amines) is 1. The summed E-state index contributed by atoms with van der Waals surface area (Å²) in [4.78, 5) is 22.5. The van der Waals surface area contributed by atoms with E-state index in [0.717, 1.165) is 37.4 Å². The van der Waals surface area contributed by atoms with E-state index in [1.54, 1.807) is 7.05 Å². The number of nitrogens with one attached hydrogen (secondary N) is 2. The molecule has 1 saturated heterocycles. The van der Waals surface area contributed by atoms with Gasteiger partial charge >= 0.3 is 0 Å². The predicted molar refractivity (Wildman–Crippen MR) is 79.9 cm³/mol. The lowest BCUT2D eigenvalue weighted by atomic mass is 10.1. The van der Waals surface area contributed by atoms with Crippen LogP contribution in [-0.4, -0.2) is 47.5 Å². The summed E-state index contributed by atoms with van der Waals surface area (Å²) >= 11 is 0. The zero-order chi connectivity index (χ0) is 14.4. The van der Waals surface area contributed by atoms with Crippen LogP contribution in [0.1, 0.15) is 31.4 Å². The number of piperidine rings is 1. The van der Waals surface area contributed by atoms with Gasteiger partial charge in [0.1, 0.15) is 5.82 Å². The van der Waals surface area contributed by atoms with Gasteiger partial charge in [-0.2, -0.15) is 4.98 Å². The van der Waals surface area contributed by atoms with Gasteiger partial charge < -0.3 is 15.5 Å². The van der Waals surface area contributed by atoms with Gasteiger partial charge in [-0.1, -0.05) is 0 Å². The predicted octanol–water partition coefficient (Wildman–Crippen LogP) is 1.64. The average molecular weight is 277 g/mol. The molecular formula is C14H23N5O. The van der Waals surface area contributed by atoms with E-state index >= 15 is 0 Å². The highest BCUT2D eigenvalue weighted by Gasteiger charge is 2.15. The second-order valence-electron chi connectivity index (χ2n) is 5.09. The van der Waals surface area contributed by atoms with Gasteiger partial charge in [-0.3, -0.25) is 4.79 Å². The van der Waals surface area contributed by atoms with Crippen molar-refractivity contribution in [3.8, 4) is 0 Å². The molecule has 0 saturated carbocycles. The first-order valence-corrected chi connectivity index (χ1v) is 7.24. The molecule has 0 aromatic carbocycles. The van der Waals surface area contributed by atoms with E-state index in [1.165, 1.54) is 6.42 Å². The number of hydrogen-bond acceptors (Lipinski definition) is 5. The van der Waals surface area contributed by atoms with E-state index in [0.29, 0.717) is 18.9 Å². The van der Waals surface area contributed by atoms with Crippen LogP contribution in [0.25, 0.3) is 0 Å². The molecule has 0 aliphatic carbocycles. The van der Waals surface area contributed by atoms with Crippen LogP contribution in [0.4, 0.5) is 11.8 Å². The van der Waals surface area contributed by atoms with Crippen molar-refractivity contribution in [3.63, 3.8) is 0 Å². The molecule has 1 aromatic rings. The van der Waals surface area contributed by atoms with Crippen LogP contribution in [0.5, 0.6) is 0 Å². The fourth-order valence-electron chi connectivity index (χ4n) is 2.37. The van der Waals surface area contributed by atoms with Crippen LogP contribution in [-0.2, 0) is 4.79 Å². The number of aryl methyl sites for hydroxylation is 1. The van der Waals surface area contributed by atoms with Crippen LogP contribution in [0.15, 0.2) is 6.07 Å². The van der Waals surface area contributed by atoms with Crippen LogP contribution < -0.4 is 10.6 Å². The standard InChI is InChI=1S/C14H23N5O/c1-11-10-12(18-14(15-2)17-11)16-7-6-13(20)19-8-4-3-5-9-19/h10H,3-9H2,1-2H3,(H2,15,16,17,18). The number of aromatic nitrogens is 2. The first kappa shape index (κ1) is 14.6. The molecule has 2 rings (SSSR count). The summed E-state index contributed by atoms with van der Waals surface area (Å²) < 4.78 is 0. The van der Waals surface area contributed by atoms with Crippen molar-refractivity contribution in [1.29, 1.82) is 0 Å². The maximum atomic E-state index is 12.0. The molecule has 2 heterocycles. The van der Waals surface area contributed by atoms with Crippen LogP contribution in [0, 0.1) is 6.92 Å². The lowest BCUT2D eigenvalue weighted by Gasteiger charge is -2.26. The van der Waals surface area contributed by atoms with E-state index in [1.807, 2.05) is 17.9 Å². The Labute approximate surface area is 120 Å². The topological polar surface area (TPSA) is 70.2 Å². The minimum atomic E-state index is 0.233. The summed E-state index contributed by atoms with van der Waals surface area (Å²) in [5.74, 6) is 1.58. The molecule has 2 N–H and O–H groups in total. The molecule has 1 aliphatic heterocycles. The average Bonchev–Trinajstić information content (AvgIpc) is 2.47. The van der Waals surface area contributed by atoms with E-state index < -0.39 is 0 Å². The molecule has 6 heteroatoms. The fraction of sp³-hybridized carbons (Fsp3) is 0.643. The Balaban J connectivity index is 1.80. The lowest BCUT2D eigenvalue weighted by Crippen LogP contribution is -2.36. The third-order valence-corrected chi connectivity index (χ3v) is 3.43. The first-order valence-electron chi connectivity index (χ1n) is 7.24. The lowest BCUT2D eigenvalue weighted by molar-refractivity contribution is -0.131. The highest BCUT2D eigenvalue weighted by atomic mass is 16.2. The Bertz CT molecular complexity index is 457. The van der Waals surface area contributed by atoms with Gasteiger partial charge in [-0.15, -0.1) is 0 Å². The summed E-state index contributed by atoms with van der Waals surface area (Å²) in [6, 6.07) is 1.88. The minimum absolute atomic E-state index is 0.233. The van der Waals surface area contributed by atoms with Crippen molar-refractivity contribution in [2.45, 2.75) is 32.6 Å². The van der Waals surface area contributed by atoms with Gasteiger partial charge in [-0.05, 0) is 26.2 Å². The number of hydrogen-bond donors (Lipinski definition) is 2. The SMILES string of the molecule is CNc1nc(C)cc(NCCC(=O)N2CCCCC2)n1. The third-order valence-electron chi connectivity index (χ3n) is 3.43. The van der Waals surface area contributed by atoms with Crippen molar-refractivity contribution < 1.29 is 4.79 Å². The molecule has 1 aromatic heterocycles. The molecule has 110 valence electrons. The van der Waals surface area contributed by atoms with Gasteiger partial charge in [-0.25, -0.2) is 4.98 Å². The Morgan fingerprint density at radius 3 is 2.75 bits per heavy atom. The molecular weight excluding hydrogens is 254 g/mol. The Morgan fingerprint density at radius 1 is 1.30 bits per heavy atom. The smallest absolute Gasteiger partial charge is 0.224 e. The zero-order valence-electron chi connectivity index (χ0n) is 12.3. The highest BCUT2D eigenvalue weighted by molar-refractivity contribution is 5.76. The van der Waals surface area contributed by atoms with Crippen molar-refractivity contribution >= 4 is 17.7 Å². The maximum Gasteiger partial charge on any atom is 0.224 e. The Morgan fingerprint density at radius 2 is 2.05 bits per heavy atom. The summed E-state index contributed by atoms with van der Waals surface area (Å²) in [5.41, 5.74) is 0.897. The number of amides is 1. The Kier molecular flexibility index (Phi) is 5.15. The van der Waals surface area contributed by atoms with Gasteiger partial charge in [0.25, 0.3) is 0 Å². The largest absolute Gasteiger partial charge is 0.369 e. The third kappa shape index (κ3) is 4.08. The molecule has 20 heavy (non-hydrogen) atoms. The molecule has 0 radical (unpaired) electrons. The van der Waals surface area contributed by atoms with E-state index in [-0.39, 0.29) is 5.91 Å². The minimum Gasteiger partial charge on any atom is -0.369 e. The van der Waals surface area contributed by atoms with Crippen LogP contribution in [0.3, 0.4) is 0 Å². The second kappa shape index (κ2) is 7.07. The first-order chi connectivity index (χ1) is 9.69. The molecule has 0 unspecified atom stereocenters. The van der Waals surface area contributed by atoms with Crippen molar-refractivity contribution in [1.82, 2.24) is 14.9 Å². The number of rotatable bonds is 5. The monoisotopic (exact) mass is 277 g/mol. The van der Waals surface area contributed by atoms with Crippen molar-refractivity contribution in [3.05, 3.63) is 11.8 Å². The van der Waals surface area contributed by atoms with Crippen LogP contribution >= 0.6 is 0 Å². The number of carbonyl (C=O) groups is 1. The second-order valence-corrected chi connectivity index (χ2v) is 5.09. The quantitative estimate of drug-likeness (QED) is 0.856. The van der Waals surface area contributed by atoms with Crippen molar-refractivity contribution in [2.75, 3.05) is 37.3 Å². The molecule has 0 atom stereocenters. The zero-order valence-corrected chi connectivity index (χ0v) is 12.3. The van der Waals surface area contributed by atoms with E-state index in [9.17, 15) is 4.79 Å². The highest BCUT2D eigenvalue weighted by Crippen LogP contribution is 2.11. The van der Waals surface area contributed by atoms with Gasteiger partial charge in [0, 0.05) is 44.9 Å². The van der Waals surface area contributed by atoms with E-state index in [4.69, 9.17) is 0 Å². The van der Waals surface area contributed by atoms with Gasteiger partial charge in [0.15, 0.2) is 0 Å².